The van der Waals surface area contributed by atoms with Crippen LogP contribution in [0.2, 0.25) is 0 Å². The number of thiocarbonyl (C=S) groups is 1. The minimum absolute atomic E-state index is 0.224. The molecule has 0 radical (unpaired) electrons. The largest absolute Gasteiger partial charge is 0.468 e. The van der Waals surface area contributed by atoms with E-state index in [0.717, 1.165) is 11.1 Å². The monoisotopic (exact) mass is 255 g/mol. The van der Waals surface area contributed by atoms with E-state index in [1.807, 2.05) is 24.3 Å². The summed E-state index contributed by atoms with van der Waals surface area (Å²) in [7, 11) is 1.38. The standard InChI is InChI=1S/C11H13NO2S2/c1-14-10(13)7-16-6-8-4-2-3-5-9(8)11(12)15/h2-5H,6-7H2,1H3,(H2,12,15). The second-order valence-corrected chi connectivity index (χ2v) is 4.52. The average Bonchev–Trinajstić information content (AvgIpc) is 2.29. The molecule has 0 atom stereocenters. The van der Waals surface area contributed by atoms with Crippen molar-refractivity contribution in [3.05, 3.63) is 35.4 Å². The first-order chi connectivity index (χ1) is 7.65. The normalized spacial score (nSPS) is 9.81. The average molecular weight is 255 g/mol. The Morgan fingerprint density at radius 1 is 1.50 bits per heavy atom. The van der Waals surface area contributed by atoms with Crippen molar-refractivity contribution < 1.29 is 9.53 Å². The minimum Gasteiger partial charge on any atom is -0.468 e. The van der Waals surface area contributed by atoms with Gasteiger partial charge >= 0.3 is 5.97 Å². The van der Waals surface area contributed by atoms with Gasteiger partial charge in [-0.25, -0.2) is 0 Å². The zero-order chi connectivity index (χ0) is 12.0. The Morgan fingerprint density at radius 3 is 2.81 bits per heavy atom. The Bertz CT molecular complexity index is 393. The third-order valence-electron chi connectivity index (χ3n) is 1.99. The first-order valence-electron chi connectivity index (χ1n) is 4.67. The van der Waals surface area contributed by atoms with Gasteiger partial charge in [-0.3, -0.25) is 4.79 Å². The summed E-state index contributed by atoms with van der Waals surface area (Å²) < 4.78 is 4.56. The number of methoxy groups -OCH3 is 1. The van der Waals surface area contributed by atoms with Crippen molar-refractivity contribution in [1.29, 1.82) is 0 Å². The van der Waals surface area contributed by atoms with Crippen LogP contribution >= 0.6 is 24.0 Å². The van der Waals surface area contributed by atoms with Crippen molar-refractivity contribution in [2.24, 2.45) is 5.73 Å². The lowest BCUT2D eigenvalue weighted by atomic mass is 10.1. The zero-order valence-electron chi connectivity index (χ0n) is 8.93. The lowest BCUT2D eigenvalue weighted by Crippen LogP contribution is -2.12. The highest BCUT2D eigenvalue weighted by Gasteiger charge is 2.06. The SMILES string of the molecule is COC(=O)CSCc1ccccc1C(N)=S. The van der Waals surface area contributed by atoms with Crippen molar-refractivity contribution in [3.63, 3.8) is 0 Å². The van der Waals surface area contributed by atoms with Gasteiger partial charge in [0.2, 0.25) is 0 Å². The molecule has 1 aromatic rings. The molecule has 3 nitrogen and oxygen atoms in total. The highest BCUT2D eigenvalue weighted by Crippen LogP contribution is 2.16. The van der Waals surface area contributed by atoms with Crippen molar-refractivity contribution in [2.75, 3.05) is 12.9 Å². The molecule has 16 heavy (non-hydrogen) atoms. The summed E-state index contributed by atoms with van der Waals surface area (Å²) in [4.78, 5) is 11.3. The molecule has 0 saturated heterocycles. The molecular formula is C11H13NO2S2. The van der Waals surface area contributed by atoms with E-state index in [9.17, 15) is 4.79 Å². The van der Waals surface area contributed by atoms with Crippen LogP contribution in [0.3, 0.4) is 0 Å². The molecule has 0 aliphatic heterocycles. The van der Waals surface area contributed by atoms with E-state index in [2.05, 4.69) is 4.74 Å². The summed E-state index contributed by atoms with van der Waals surface area (Å²) in [5, 5.41) is 0. The molecule has 0 aromatic heterocycles. The fourth-order valence-electron chi connectivity index (χ4n) is 1.19. The van der Waals surface area contributed by atoms with E-state index in [-0.39, 0.29) is 5.97 Å². The van der Waals surface area contributed by atoms with Crippen molar-refractivity contribution in [2.45, 2.75) is 5.75 Å². The van der Waals surface area contributed by atoms with Gasteiger partial charge in [-0.2, -0.15) is 0 Å². The van der Waals surface area contributed by atoms with E-state index in [0.29, 0.717) is 16.5 Å². The molecule has 0 fully saturated rings. The Kier molecular flexibility index (Phi) is 5.28. The fraction of sp³-hybridized carbons (Fsp3) is 0.273. The Labute approximate surface area is 104 Å². The quantitative estimate of drug-likeness (QED) is 0.641. The molecule has 0 spiro atoms. The number of carbonyl (C=O) groups excluding carboxylic acids is 1. The summed E-state index contributed by atoms with van der Waals surface area (Å²) in [6, 6.07) is 7.66. The van der Waals surface area contributed by atoms with Gasteiger partial charge in [0, 0.05) is 11.3 Å². The predicted octanol–water partition coefficient (Wildman–Crippen LogP) is 1.73. The predicted molar refractivity (Wildman–Crippen MR) is 70.5 cm³/mol. The summed E-state index contributed by atoms with van der Waals surface area (Å²) in [5.41, 5.74) is 7.52. The van der Waals surface area contributed by atoms with Crippen LogP contribution in [0.5, 0.6) is 0 Å². The molecule has 1 aromatic carbocycles. The van der Waals surface area contributed by atoms with E-state index in [1.54, 1.807) is 0 Å². The third kappa shape index (κ3) is 3.83. The number of nitrogens with two attached hydrogens (primary N) is 1. The summed E-state index contributed by atoms with van der Waals surface area (Å²) in [6.07, 6.45) is 0. The van der Waals surface area contributed by atoms with E-state index in [4.69, 9.17) is 18.0 Å². The molecular weight excluding hydrogens is 242 g/mol. The number of thioether (sulfide) groups is 1. The first kappa shape index (κ1) is 13.0. The lowest BCUT2D eigenvalue weighted by molar-refractivity contribution is -0.137. The molecule has 0 unspecified atom stereocenters. The van der Waals surface area contributed by atoms with Crippen molar-refractivity contribution in [1.82, 2.24) is 0 Å². The molecule has 0 aliphatic carbocycles. The highest BCUT2D eigenvalue weighted by atomic mass is 32.2. The van der Waals surface area contributed by atoms with Gasteiger partial charge in [-0.15, -0.1) is 11.8 Å². The number of rotatable bonds is 5. The van der Waals surface area contributed by atoms with E-state index >= 15 is 0 Å². The highest BCUT2D eigenvalue weighted by molar-refractivity contribution is 7.99. The molecule has 0 aliphatic rings. The van der Waals surface area contributed by atoms with Crippen LogP contribution in [0.1, 0.15) is 11.1 Å². The maximum absolute atomic E-state index is 10.9. The van der Waals surface area contributed by atoms with Gasteiger partial charge in [0.15, 0.2) is 0 Å². The lowest BCUT2D eigenvalue weighted by Gasteiger charge is -2.07. The first-order valence-corrected chi connectivity index (χ1v) is 6.23. The summed E-state index contributed by atoms with van der Waals surface area (Å²) in [6.45, 7) is 0. The fourth-order valence-corrected chi connectivity index (χ4v) is 2.25. The van der Waals surface area contributed by atoms with Crippen molar-refractivity contribution >= 4 is 34.9 Å². The molecule has 0 bridgehead atoms. The topological polar surface area (TPSA) is 52.3 Å². The van der Waals surface area contributed by atoms with Crippen LogP contribution in [0.4, 0.5) is 0 Å². The molecule has 0 saturated carbocycles. The maximum atomic E-state index is 10.9. The number of hydrogen-bond donors (Lipinski definition) is 1. The van der Waals surface area contributed by atoms with Gasteiger partial charge in [-0.05, 0) is 5.56 Å². The molecule has 2 N–H and O–H groups in total. The second kappa shape index (κ2) is 6.50. The third-order valence-corrected chi connectivity index (χ3v) is 3.16. The number of esters is 1. The van der Waals surface area contributed by atoms with Crippen LogP contribution in [-0.2, 0) is 15.3 Å². The van der Waals surface area contributed by atoms with Gasteiger partial charge in [0.1, 0.15) is 4.99 Å². The summed E-state index contributed by atoms with van der Waals surface area (Å²) >= 11 is 6.43. The Morgan fingerprint density at radius 2 is 2.19 bits per heavy atom. The van der Waals surface area contributed by atoms with Gasteiger partial charge < -0.3 is 10.5 Å². The molecule has 86 valence electrons. The molecule has 0 heterocycles. The van der Waals surface area contributed by atoms with Crippen LogP contribution in [0.15, 0.2) is 24.3 Å². The minimum atomic E-state index is -0.224. The van der Waals surface area contributed by atoms with Crippen LogP contribution in [0.25, 0.3) is 0 Å². The van der Waals surface area contributed by atoms with E-state index in [1.165, 1.54) is 18.9 Å². The molecule has 1 rings (SSSR count). The Hall–Kier alpha value is -1.07. The van der Waals surface area contributed by atoms with Crippen LogP contribution in [-0.4, -0.2) is 23.8 Å². The number of benzene rings is 1. The maximum Gasteiger partial charge on any atom is 0.315 e. The van der Waals surface area contributed by atoms with Crippen LogP contribution < -0.4 is 5.73 Å². The van der Waals surface area contributed by atoms with E-state index < -0.39 is 0 Å². The molecule has 0 amide bonds. The van der Waals surface area contributed by atoms with Gasteiger partial charge in [-0.1, -0.05) is 36.5 Å². The Balaban J connectivity index is 2.60. The summed E-state index contributed by atoms with van der Waals surface area (Å²) in [5.74, 6) is 0.808. The number of ether oxygens (including phenoxy) is 1. The number of hydrogen-bond acceptors (Lipinski definition) is 4. The number of carbonyl (C=O) groups is 1. The van der Waals surface area contributed by atoms with Crippen LogP contribution in [0, 0.1) is 0 Å². The smallest absolute Gasteiger partial charge is 0.315 e. The van der Waals surface area contributed by atoms with Gasteiger partial charge in [0.25, 0.3) is 0 Å². The molecule has 5 heteroatoms. The van der Waals surface area contributed by atoms with Gasteiger partial charge in [0.05, 0.1) is 12.9 Å². The second-order valence-electron chi connectivity index (χ2n) is 3.09. The zero-order valence-corrected chi connectivity index (χ0v) is 10.6. The van der Waals surface area contributed by atoms with Crippen molar-refractivity contribution in [3.8, 4) is 0 Å².